The molecule has 0 saturated carbocycles. The van der Waals surface area contributed by atoms with Crippen LogP contribution in [0.4, 0.5) is 0 Å². The minimum absolute atomic E-state index is 0.0663. The maximum absolute atomic E-state index is 13.4. The van der Waals surface area contributed by atoms with Gasteiger partial charge in [0.05, 0.1) is 23.0 Å². The summed E-state index contributed by atoms with van der Waals surface area (Å²) in [7, 11) is 0. The Morgan fingerprint density at radius 1 is 1.26 bits per heavy atom. The van der Waals surface area contributed by atoms with Crippen molar-refractivity contribution in [3.05, 3.63) is 0 Å². The van der Waals surface area contributed by atoms with Crippen LogP contribution in [0.1, 0.15) is 74.7 Å². The minimum atomic E-state index is -0.931. The molecule has 3 atom stereocenters. The molecule has 31 heavy (non-hydrogen) atoms. The quantitative estimate of drug-likeness (QED) is 0.493. The topological polar surface area (TPSA) is 93.4 Å². The van der Waals surface area contributed by atoms with Crippen LogP contribution < -0.4 is 5.32 Å². The van der Waals surface area contributed by atoms with E-state index in [1.807, 2.05) is 27.7 Å². The highest BCUT2D eigenvalue weighted by molar-refractivity contribution is 8.23. The second-order valence-electron chi connectivity index (χ2n) is 10.9. The summed E-state index contributed by atoms with van der Waals surface area (Å²) in [5.74, 6) is 0.556. The summed E-state index contributed by atoms with van der Waals surface area (Å²) in [6.07, 6.45) is 0.432. The number of carbonyl (C=O) groups is 2. The fourth-order valence-corrected chi connectivity index (χ4v) is 5.55. The molecule has 0 aromatic rings. The molecule has 1 fully saturated rings. The zero-order valence-electron chi connectivity index (χ0n) is 20.3. The van der Waals surface area contributed by atoms with E-state index < -0.39 is 22.3 Å². The second kappa shape index (κ2) is 10.2. The largest absolute Gasteiger partial charge is 0.392 e. The van der Waals surface area contributed by atoms with Crippen LogP contribution in [0, 0.1) is 33.0 Å². The van der Waals surface area contributed by atoms with Gasteiger partial charge < -0.3 is 10.4 Å². The number of amides is 2. The van der Waals surface area contributed by atoms with Crippen molar-refractivity contribution < 1.29 is 14.7 Å². The summed E-state index contributed by atoms with van der Waals surface area (Å²) in [6, 6.07) is 2.45. The highest BCUT2D eigenvalue weighted by Crippen LogP contribution is 2.57. The molecule has 0 bridgehead atoms. The number of hydrogen-bond donors (Lipinski definition) is 2. The van der Waals surface area contributed by atoms with Gasteiger partial charge in [-0.05, 0) is 37.5 Å². The zero-order chi connectivity index (χ0) is 24.3. The van der Waals surface area contributed by atoms with Crippen molar-refractivity contribution in [2.75, 3.05) is 18.8 Å². The standard InChI is InChI=1S/C23H39N3O3S2/c1-16(27)13-25-18(29)23(8,14-20(2,3)4)21(5,6)22(7,15-24)10-9-17(28)26-11-12-31-19(26)30/h16,27H,9-14H2,1-8H3,(H,25,29). The molecule has 1 saturated heterocycles. The van der Waals surface area contributed by atoms with Gasteiger partial charge >= 0.3 is 0 Å². The van der Waals surface area contributed by atoms with E-state index in [-0.39, 0.29) is 30.2 Å². The SMILES string of the molecule is CC(O)CNC(=O)C(C)(CC(C)(C)C)C(C)(C)C(C)(C#N)CCC(=O)N1CCSC1=S. The number of thioether (sulfide) groups is 1. The number of nitriles is 1. The fraction of sp³-hybridized carbons (Fsp3) is 0.826. The Hall–Kier alpha value is -1.17. The van der Waals surface area contributed by atoms with Crippen LogP contribution >= 0.6 is 24.0 Å². The highest BCUT2D eigenvalue weighted by Gasteiger charge is 2.57. The molecule has 0 aromatic carbocycles. The first kappa shape index (κ1) is 27.9. The Balaban J connectivity index is 3.23. The lowest BCUT2D eigenvalue weighted by atomic mass is 9.49. The summed E-state index contributed by atoms with van der Waals surface area (Å²) < 4.78 is 0.595. The third kappa shape index (κ3) is 6.43. The molecule has 1 aliphatic heterocycles. The van der Waals surface area contributed by atoms with Crippen LogP contribution in [0.5, 0.6) is 0 Å². The number of rotatable bonds is 9. The molecule has 3 unspecified atom stereocenters. The maximum atomic E-state index is 13.4. The first-order valence-electron chi connectivity index (χ1n) is 10.9. The number of aliphatic hydroxyl groups is 1. The van der Waals surface area contributed by atoms with Gasteiger partial charge in [0.1, 0.15) is 4.32 Å². The first-order chi connectivity index (χ1) is 14.0. The van der Waals surface area contributed by atoms with Gasteiger partial charge in [-0.2, -0.15) is 5.26 Å². The van der Waals surface area contributed by atoms with Gasteiger partial charge in [-0.15, -0.1) is 0 Å². The molecule has 2 N–H and O–H groups in total. The Bertz CT molecular complexity index is 739. The molecule has 1 heterocycles. The van der Waals surface area contributed by atoms with Crippen LogP contribution in [-0.4, -0.2) is 51.1 Å². The van der Waals surface area contributed by atoms with Gasteiger partial charge in [0.15, 0.2) is 0 Å². The number of carbonyl (C=O) groups excluding carboxylic acids is 2. The van der Waals surface area contributed by atoms with Crippen molar-refractivity contribution in [1.29, 1.82) is 5.26 Å². The van der Waals surface area contributed by atoms with Crippen LogP contribution in [0.25, 0.3) is 0 Å². The lowest BCUT2D eigenvalue weighted by molar-refractivity contribution is -0.147. The van der Waals surface area contributed by atoms with Gasteiger partial charge in [-0.25, -0.2) is 0 Å². The number of thiocarbonyl (C=S) groups is 1. The molecule has 0 spiro atoms. The van der Waals surface area contributed by atoms with Crippen LogP contribution in [0.15, 0.2) is 0 Å². The predicted molar refractivity (Wildman–Crippen MR) is 130 cm³/mol. The molecule has 176 valence electrons. The van der Waals surface area contributed by atoms with E-state index in [9.17, 15) is 20.0 Å². The van der Waals surface area contributed by atoms with E-state index in [0.29, 0.717) is 23.7 Å². The average molecular weight is 470 g/mol. The van der Waals surface area contributed by atoms with Crippen molar-refractivity contribution in [1.82, 2.24) is 10.2 Å². The van der Waals surface area contributed by atoms with Crippen molar-refractivity contribution in [3.8, 4) is 6.07 Å². The second-order valence-corrected chi connectivity index (χ2v) is 12.6. The Kier molecular flexibility index (Phi) is 9.15. The van der Waals surface area contributed by atoms with Crippen LogP contribution in [0.2, 0.25) is 0 Å². The summed E-state index contributed by atoms with van der Waals surface area (Å²) in [5.41, 5.74) is -2.75. The van der Waals surface area contributed by atoms with Crippen molar-refractivity contribution >= 4 is 40.1 Å². The summed E-state index contributed by atoms with van der Waals surface area (Å²) in [6.45, 7) is 16.2. The van der Waals surface area contributed by atoms with E-state index in [2.05, 4.69) is 32.2 Å². The molecule has 0 aliphatic carbocycles. The van der Waals surface area contributed by atoms with E-state index in [4.69, 9.17) is 12.2 Å². The van der Waals surface area contributed by atoms with E-state index in [1.165, 1.54) is 11.8 Å². The zero-order valence-corrected chi connectivity index (χ0v) is 21.9. The van der Waals surface area contributed by atoms with Gasteiger partial charge in [0.2, 0.25) is 11.8 Å². The molecule has 1 aliphatic rings. The van der Waals surface area contributed by atoms with Crippen molar-refractivity contribution in [2.24, 2.45) is 21.7 Å². The van der Waals surface area contributed by atoms with Gasteiger partial charge in [-0.1, -0.05) is 65.5 Å². The lowest BCUT2D eigenvalue weighted by Crippen LogP contribution is -2.56. The van der Waals surface area contributed by atoms with E-state index >= 15 is 0 Å². The Morgan fingerprint density at radius 3 is 2.26 bits per heavy atom. The third-order valence-electron chi connectivity index (χ3n) is 6.85. The summed E-state index contributed by atoms with van der Waals surface area (Å²) >= 11 is 6.76. The number of nitrogens with zero attached hydrogens (tertiary/aromatic N) is 2. The summed E-state index contributed by atoms with van der Waals surface area (Å²) in [4.78, 5) is 27.8. The Morgan fingerprint density at radius 2 is 1.84 bits per heavy atom. The third-order valence-corrected chi connectivity index (χ3v) is 8.28. The molecule has 6 nitrogen and oxygen atoms in total. The molecule has 0 radical (unpaired) electrons. The molecular formula is C23H39N3O3S2. The molecular weight excluding hydrogens is 430 g/mol. The normalized spacial score (nSPS) is 19.9. The maximum Gasteiger partial charge on any atom is 0.228 e. The molecule has 8 heteroatoms. The number of nitrogens with one attached hydrogen (secondary N) is 1. The smallest absolute Gasteiger partial charge is 0.228 e. The number of aliphatic hydroxyl groups excluding tert-OH is 1. The van der Waals surface area contributed by atoms with Gasteiger partial charge in [-0.3, -0.25) is 14.5 Å². The van der Waals surface area contributed by atoms with E-state index in [0.717, 1.165) is 5.75 Å². The molecule has 1 rings (SSSR count). The molecule has 2 amide bonds. The van der Waals surface area contributed by atoms with Gasteiger partial charge in [0.25, 0.3) is 0 Å². The van der Waals surface area contributed by atoms with Crippen molar-refractivity contribution in [3.63, 3.8) is 0 Å². The van der Waals surface area contributed by atoms with Crippen LogP contribution in [0.3, 0.4) is 0 Å². The van der Waals surface area contributed by atoms with Gasteiger partial charge in [0, 0.05) is 25.3 Å². The number of hydrogen-bond acceptors (Lipinski definition) is 6. The fourth-order valence-electron chi connectivity index (χ4n) is 4.31. The average Bonchev–Trinajstić information content (AvgIpc) is 3.07. The first-order valence-corrected chi connectivity index (χ1v) is 12.2. The predicted octanol–water partition coefficient (Wildman–Crippen LogP) is 4.12. The molecule has 0 aromatic heterocycles. The summed E-state index contributed by atoms with van der Waals surface area (Å²) in [5, 5.41) is 22.8. The highest BCUT2D eigenvalue weighted by atomic mass is 32.2. The Labute approximate surface area is 197 Å². The van der Waals surface area contributed by atoms with E-state index in [1.54, 1.807) is 11.8 Å². The lowest BCUT2D eigenvalue weighted by Gasteiger charge is -2.53. The van der Waals surface area contributed by atoms with Crippen LogP contribution in [-0.2, 0) is 9.59 Å². The monoisotopic (exact) mass is 469 g/mol. The minimum Gasteiger partial charge on any atom is -0.392 e. The van der Waals surface area contributed by atoms with Crippen molar-refractivity contribution in [2.45, 2.75) is 80.8 Å².